The second-order valence-corrected chi connectivity index (χ2v) is 8.39. The van der Waals surface area contributed by atoms with Crippen LogP contribution in [-0.4, -0.2) is 56.3 Å². The third kappa shape index (κ3) is 5.06. The number of hydrogen-bond acceptors (Lipinski definition) is 4. The van der Waals surface area contributed by atoms with Crippen LogP contribution in [0.4, 0.5) is 13.2 Å². The van der Waals surface area contributed by atoms with Gasteiger partial charge in [0, 0.05) is 35.5 Å². The molecule has 2 aromatic carbocycles. The third-order valence-electron chi connectivity index (χ3n) is 6.42. The average molecular weight is 505 g/mol. The summed E-state index contributed by atoms with van der Waals surface area (Å²) in [5.41, 5.74) is 8.80. The fraction of sp³-hybridized carbons (Fsp3) is 0.320. The molecule has 2 heterocycles. The van der Waals surface area contributed by atoms with Crippen molar-refractivity contribution in [3.63, 3.8) is 0 Å². The van der Waals surface area contributed by atoms with E-state index in [-0.39, 0.29) is 23.6 Å². The van der Waals surface area contributed by atoms with E-state index in [1.165, 1.54) is 0 Å². The summed E-state index contributed by atoms with van der Waals surface area (Å²) >= 11 is 0. The van der Waals surface area contributed by atoms with E-state index in [4.69, 9.17) is 15.6 Å². The molecule has 3 aromatic rings. The maximum Gasteiger partial charge on any atom is 0.490 e. The Balaban J connectivity index is 0.000000454. The summed E-state index contributed by atoms with van der Waals surface area (Å²) in [4.78, 5) is 35.6. The molecule has 4 rings (SSSR count). The summed E-state index contributed by atoms with van der Waals surface area (Å²) in [5.74, 6) is -4.18. The van der Waals surface area contributed by atoms with Gasteiger partial charge in [0.05, 0.1) is 6.04 Å². The number of alkyl halides is 3. The smallest absolute Gasteiger partial charge is 0.477 e. The third-order valence-corrected chi connectivity index (χ3v) is 6.42. The van der Waals surface area contributed by atoms with E-state index in [9.17, 15) is 27.9 Å². The standard InChI is InChI=1S/C23H25N3O3.C2HF3O2/c1-3-26-18(13-16(20(26)22(24)27)14-9-5-4-6-10-14)19-15-11-7-8-12-17(15)25(2)21(19)23(28)29;3-2(4,5)1(6)7/h4-12,16,18,20H,3,13H2,1-2H3,(H2,24,27)(H,28,29);(H,6,7)/t16-,18?,20-;/m0./s1. The van der Waals surface area contributed by atoms with Crippen LogP contribution in [0.3, 0.4) is 0 Å². The van der Waals surface area contributed by atoms with Crippen LogP contribution in [0.15, 0.2) is 54.6 Å². The first-order valence-electron chi connectivity index (χ1n) is 11.1. The molecule has 1 fully saturated rings. The summed E-state index contributed by atoms with van der Waals surface area (Å²) in [5, 5.41) is 18.0. The molecule has 1 aliphatic rings. The number of likely N-dealkylation sites (N-methyl/N-ethyl adjacent to an activating group) is 1. The summed E-state index contributed by atoms with van der Waals surface area (Å²) in [6.07, 6.45) is -4.44. The van der Waals surface area contributed by atoms with Crippen LogP contribution >= 0.6 is 0 Å². The number of nitrogens with zero attached hydrogens (tertiary/aromatic N) is 2. The number of para-hydroxylation sites is 1. The number of likely N-dealkylation sites (tertiary alicyclic amines) is 1. The van der Waals surface area contributed by atoms with Crippen LogP contribution < -0.4 is 5.73 Å². The number of carboxylic acid groups (broad SMARTS) is 2. The molecule has 0 spiro atoms. The van der Waals surface area contributed by atoms with Gasteiger partial charge in [-0.2, -0.15) is 13.2 Å². The van der Waals surface area contributed by atoms with Crippen molar-refractivity contribution in [3.05, 3.63) is 71.4 Å². The van der Waals surface area contributed by atoms with Crippen molar-refractivity contribution in [2.24, 2.45) is 12.8 Å². The van der Waals surface area contributed by atoms with Crippen molar-refractivity contribution in [1.82, 2.24) is 9.47 Å². The Hall–Kier alpha value is -3.86. The van der Waals surface area contributed by atoms with Crippen molar-refractivity contribution in [1.29, 1.82) is 0 Å². The van der Waals surface area contributed by atoms with Gasteiger partial charge >= 0.3 is 18.1 Å². The number of benzene rings is 2. The number of primary amides is 1. The number of aliphatic carboxylic acids is 1. The zero-order chi connectivity index (χ0) is 26.8. The Morgan fingerprint density at radius 2 is 1.58 bits per heavy atom. The molecule has 0 radical (unpaired) electrons. The highest BCUT2D eigenvalue weighted by Gasteiger charge is 2.46. The zero-order valence-corrected chi connectivity index (χ0v) is 19.6. The van der Waals surface area contributed by atoms with E-state index < -0.39 is 24.2 Å². The lowest BCUT2D eigenvalue weighted by molar-refractivity contribution is -0.192. The number of aryl methyl sites for hydroxylation is 1. The largest absolute Gasteiger partial charge is 0.490 e. The molecule has 0 aliphatic carbocycles. The van der Waals surface area contributed by atoms with E-state index >= 15 is 0 Å². The van der Waals surface area contributed by atoms with Crippen LogP contribution in [0.25, 0.3) is 10.9 Å². The molecule has 36 heavy (non-hydrogen) atoms. The highest BCUT2D eigenvalue weighted by molar-refractivity contribution is 5.99. The normalized spacial score (nSPS) is 20.1. The fourth-order valence-corrected chi connectivity index (χ4v) is 5.03. The van der Waals surface area contributed by atoms with Gasteiger partial charge in [-0.1, -0.05) is 55.5 Å². The van der Waals surface area contributed by atoms with Gasteiger partial charge in [0.1, 0.15) is 5.69 Å². The molecule has 1 aromatic heterocycles. The molecule has 11 heteroatoms. The Kier molecular flexibility index (Phi) is 7.73. The van der Waals surface area contributed by atoms with Crippen LogP contribution in [-0.2, 0) is 16.6 Å². The first-order chi connectivity index (χ1) is 16.9. The second kappa shape index (κ2) is 10.4. The Labute approximate surface area is 204 Å². The summed E-state index contributed by atoms with van der Waals surface area (Å²) < 4.78 is 33.5. The fourth-order valence-electron chi connectivity index (χ4n) is 5.03. The Morgan fingerprint density at radius 1 is 1.03 bits per heavy atom. The van der Waals surface area contributed by atoms with Crippen LogP contribution in [0.2, 0.25) is 0 Å². The van der Waals surface area contributed by atoms with Crippen molar-refractivity contribution in [3.8, 4) is 0 Å². The van der Waals surface area contributed by atoms with Crippen molar-refractivity contribution in [2.45, 2.75) is 37.5 Å². The van der Waals surface area contributed by atoms with Crippen LogP contribution in [0.5, 0.6) is 0 Å². The maximum atomic E-state index is 12.5. The van der Waals surface area contributed by atoms with Gasteiger partial charge in [0.25, 0.3) is 0 Å². The summed E-state index contributed by atoms with van der Waals surface area (Å²) in [6.45, 7) is 2.59. The molecule has 1 amide bonds. The molecule has 4 N–H and O–H groups in total. The molecule has 1 saturated heterocycles. The van der Waals surface area contributed by atoms with Gasteiger partial charge in [-0.3, -0.25) is 9.69 Å². The predicted molar refractivity (Wildman–Crippen MR) is 125 cm³/mol. The lowest BCUT2D eigenvalue weighted by atomic mass is 9.89. The molecule has 3 atom stereocenters. The number of halogens is 3. The predicted octanol–water partition coefficient (Wildman–Crippen LogP) is 3.91. The lowest BCUT2D eigenvalue weighted by Crippen LogP contribution is -2.43. The molecule has 1 unspecified atom stereocenters. The number of aromatic carboxylic acids is 1. The Bertz CT molecular complexity index is 1270. The summed E-state index contributed by atoms with van der Waals surface area (Å²) in [6, 6.07) is 16.9. The van der Waals surface area contributed by atoms with Gasteiger partial charge < -0.3 is 20.5 Å². The molecule has 192 valence electrons. The highest BCUT2D eigenvalue weighted by Crippen LogP contribution is 2.48. The summed E-state index contributed by atoms with van der Waals surface area (Å²) in [7, 11) is 1.78. The number of nitrogens with two attached hydrogens (primary N) is 1. The van der Waals surface area contributed by atoms with E-state index in [1.807, 2.05) is 61.5 Å². The molecular formula is C25H26F3N3O5. The average Bonchev–Trinajstić information content (AvgIpc) is 3.35. The van der Waals surface area contributed by atoms with E-state index in [0.29, 0.717) is 13.0 Å². The minimum absolute atomic E-state index is 0.0840. The monoisotopic (exact) mass is 505 g/mol. The van der Waals surface area contributed by atoms with Gasteiger partial charge in [-0.25, -0.2) is 9.59 Å². The first kappa shape index (κ1) is 26.7. The molecule has 8 nitrogen and oxygen atoms in total. The van der Waals surface area contributed by atoms with Gasteiger partial charge in [0.2, 0.25) is 5.91 Å². The van der Waals surface area contributed by atoms with Crippen LogP contribution in [0.1, 0.15) is 46.9 Å². The number of rotatable bonds is 5. The molecule has 0 bridgehead atoms. The number of carboxylic acids is 2. The highest BCUT2D eigenvalue weighted by atomic mass is 19.4. The number of hydrogen-bond donors (Lipinski definition) is 3. The van der Waals surface area contributed by atoms with Crippen molar-refractivity contribution < 1.29 is 37.8 Å². The van der Waals surface area contributed by atoms with Crippen molar-refractivity contribution >= 4 is 28.7 Å². The number of amides is 1. The SMILES string of the molecule is CCN1C(c2c(C(=O)O)n(C)c3ccccc23)C[C@@H](c2ccccc2)[C@H]1C(N)=O.O=C(O)C(F)(F)F. The zero-order valence-electron chi connectivity index (χ0n) is 19.6. The van der Waals surface area contributed by atoms with Gasteiger partial charge in [-0.05, 0) is 24.6 Å². The molecule has 0 saturated carbocycles. The number of fused-ring (bicyclic) bond motifs is 1. The minimum Gasteiger partial charge on any atom is -0.477 e. The number of aromatic nitrogens is 1. The maximum absolute atomic E-state index is 12.5. The first-order valence-corrected chi connectivity index (χ1v) is 11.1. The Morgan fingerprint density at radius 3 is 2.08 bits per heavy atom. The van der Waals surface area contributed by atoms with Gasteiger partial charge in [0.15, 0.2) is 0 Å². The number of carbonyl (C=O) groups excluding carboxylic acids is 1. The van der Waals surface area contributed by atoms with Gasteiger partial charge in [-0.15, -0.1) is 0 Å². The topological polar surface area (TPSA) is 126 Å². The van der Waals surface area contributed by atoms with E-state index in [0.717, 1.165) is 22.0 Å². The van der Waals surface area contributed by atoms with E-state index in [2.05, 4.69) is 4.90 Å². The minimum atomic E-state index is -5.08. The second-order valence-electron chi connectivity index (χ2n) is 8.39. The van der Waals surface area contributed by atoms with Crippen LogP contribution in [0, 0.1) is 0 Å². The number of carbonyl (C=O) groups is 3. The quantitative estimate of drug-likeness (QED) is 0.483. The lowest BCUT2D eigenvalue weighted by Gasteiger charge is -2.28. The van der Waals surface area contributed by atoms with Crippen molar-refractivity contribution in [2.75, 3.05) is 6.54 Å². The molecular weight excluding hydrogens is 479 g/mol. The molecule has 1 aliphatic heterocycles. The van der Waals surface area contributed by atoms with E-state index in [1.54, 1.807) is 11.6 Å².